The van der Waals surface area contributed by atoms with Gasteiger partial charge in [0.15, 0.2) is 0 Å². The summed E-state index contributed by atoms with van der Waals surface area (Å²) in [5, 5.41) is 3.63. The van der Waals surface area contributed by atoms with Crippen molar-refractivity contribution in [2.75, 3.05) is 23.5 Å². The van der Waals surface area contributed by atoms with E-state index in [0.717, 1.165) is 12.2 Å². The largest absolute Gasteiger partial charge is 0.311 e. The van der Waals surface area contributed by atoms with Crippen LogP contribution in [0.25, 0.3) is 0 Å². The Kier molecular flexibility index (Phi) is 6.13. The van der Waals surface area contributed by atoms with Crippen LogP contribution in [0, 0.1) is 0 Å². The molecule has 1 heterocycles. The minimum Gasteiger partial charge on any atom is -0.311 e. The third-order valence-electron chi connectivity index (χ3n) is 2.58. The van der Waals surface area contributed by atoms with Gasteiger partial charge in [0.2, 0.25) is 0 Å². The molecule has 0 aromatic rings. The number of thioether (sulfide) groups is 1. The van der Waals surface area contributed by atoms with Gasteiger partial charge in [0.25, 0.3) is 0 Å². The third kappa shape index (κ3) is 5.37. The maximum atomic E-state index is 10.9. The van der Waals surface area contributed by atoms with Crippen molar-refractivity contribution in [1.82, 2.24) is 5.32 Å². The van der Waals surface area contributed by atoms with Crippen LogP contribution in [0.1, 0.15) is 26.2 Å². The zero-order valence-electron chi connectivity index (χ0n) is 9.12. The van der Waals surface area contributed by atoms with Crippen molar-refractivity contribution in [3.05, 3.63) is 0 Å². The lowest BCUT2D eigenvalue weighted by Gasteiger charge is -2.26. The molecule has 0 radical (unpaired) electrons. The predicted octanol–water partition coefficient (Wildman–Crippen LogP) is 1.63. The van der Waals surface area contributed by atoms with Crippen LogP contribution < -0.4 is 5.32 Å². The van der Waals surface area contributed by atoms with E-state index in [0.29, 0.717) is 12.1 Å². The molecule has 1 rings (SSSR count). The molecule has 0 aliphatic carbocycles. The van der Waals surface area contributed by atoms with Gasteiger partial charge in [-0.25, -0.2) is 0 Å². The molecule has 2 nitrogen and oxygen atoms in total. The molecule has 2 unspecified atom stereocenters. The lowest BCUT2D eigenvalue weighted by Crippen LogP contribution is -2.39. The zero-order valence-corrected chi connectivity index (χ0v) is 10.8. The van der Waals surface area contributed by atoms with Crippen molar-refractivity contribution in [1.29, 1.82) is 0 Å². The highest BCUT2D eigenvalue weighted by molar-refractivity contribution is 7.99. The molecule has 0 spiro atoms. The number of rotatable bonds is 5. The fourth-order valence-corrected chi connectivity index (χ4v) is 3.48. The fourth-order valence-electron chi connectivity index (χ4n) is 1.69. The van der Waals surface area contributed by atoms with Crippen LogP contribution in [0.3, 0.4) is 0 Å². The molecule has 14 heavy (non-hydrogen) atoms. The Hall–Kier alpha value is 0.460. The quantitative estimate of drug-likeness (QED) is 0.785. The van der Waals surface area contributed by atoms with Crippen LogP contribution in [0.15, 0.2) is 0 Å². The van der Waals surface area contributed by atoms with Gasteiger partial charge in [-0.05, 0) is 37.7 Å². The van der Waals surface area contributed by atoms with Crippen LogP contribution in [-0.4, -0.2) is 39.8 Å². The molecule has 0 saturated carbocycles. The Bertz CT molecular complexity index is 181. The van der Waals surface area contributed by atoms with Gasteiger partial charge in [0.1, 0.15) is 0 Å². The first kappa shape index (κ1) is 12.5. The van der Waals surface area contributed by atoms with Crippen molar-refractivity contribution in [3.8, 4) is 0 Å². The first-order chi connectivity index (χ1) is 6.68. The first-order valence-electron chi connectivity index (χ1n) is 5.32. The van der Waals surface area contributed by atoms with Gasteiger partial charge in [-0.3, -0.25) is 4.21 Å². The summed E-state index contributed by atoms with van der Waals surface area (Å²) in [7, 11) is -0.637. The summed E-state index contributed by atoms with van der Waals surface area (Å²) < 4.78 is 10.9. The van der Waals surface area contributed by atoms with E-state index in [-0.39, 0.29) is 0 Å². The first-order valence-corrected chi connectivity index (χ1v) is 8.20. The highest BCUT2D eigenvalue weighted by Gasteiger charge is 2.15. The molecule has 84 valence electrons. The van der Waals surface area contributed by atoms with Crippen LogP contribution >= 0.6 is 11.8 Å². The molecular weight excluding hydrogens is 214 g/mol. The molecule has 0 aromatic heterocycles. The second-order valence-corrected chi connectivity index (χ2v) is 6.80. The molecule has 0 bridgehead atoms. The zero-order chi connectivity index (χ0) is 10.4. The Morgan fingerprint density at radius 1 is 1.50 bits per heavy atom. The molecule has 0 amide bonds. The monoisotopic (exact) mass is 235 g/mol. The van der Waals surface area contributed by atoms with Crippen LogP contribution in [-0.2, 0) is 10.8 Å². The molecule has 2 atom stereocenters. The van der Waals surface area contributed by atoms with E-state index >= 15 is 0 Å². The van der Waals surface area contributed by atoms with Gasteiger partial charge >= 0.3 is 0 Å². The topological polar surface area (TPSA) is 29.1 Å². The normalized spacial score (nSPS) is 23.3. The lowest BCUT2D eigenvalue weighted by molar-refractivity contribution is 0.417. The minimum absolute atomic E-state index is 0.520. The molecule has 4 heteroatoms. The highest BCUT2D eigenvalue weighted by Crippen LogP contribution is 2.17. The van der Waals surface area contributed by atoms with Crippen molar-refractivity contribution in [2.24, 2.45) is 0 Å². The number of hydrogen-bond acceptors (Lipinski definition) is 3. The summed E-state index contributed by atoms with van der Waals surface area (Å²) in [5.41, 5.74) is 0. The minimum atomic E-state index is -0.637. The van der Waals surface area contributed by atoms with E-state index in [1.54, 1.807) is 6.26 Å². The summed E-state index contributed by atoms with van der Waals surface area (Å²) in [5.74, 6) is 3.42. The van der Waals surface area contributed by atoms with Crippen molar-refractivity contribution >= 4 is 22.6 Å². The van der Waals surface area contributed by atoms with Gasteiger partial charge in [0.05, 0.1) is 0 Å². The van der Waals surface area contributed by atoms with Gasteiger partial charge in [-0.15, -0.1) is 0 Å². The van der Waals surface area contributed by atoms with E-state index in [4.69, 9.17) is 0 Å². The molecule has 0 aromatic carbocycles. The fraction of sp³-hybridized carbons (Fsp3) is 1.00. The van der Waals surface area contributed by atoms with Crippen LogP contribution in [0.4, 0.5) is 0 Å². The van der Waals surface area contributed by atoms with Gasteiger partial charge in [0, 0.05) is 34.9 Å². The maximum absolute atomic E-state index is 10.9. The average Bonchev–Trinajstić information content (AvgIpc) is 2.16. The van der Waals surface area contributed by atoms with E-state index in [9.17, 15) is 4.21 Å². The Morgan fingerprint density at radius 2 is 2.14 bits per heavy atom. The lowest BCUT2D eigenvalue weighted by atomic mass is 10.1. The molecule has 1 aliphatic heterocycles. The molecule has 1 N–H and O–H groups in total. The summed E-state index contributed by atoms with van der Waals surface area (Å²) in [6, 6.07) is 1.23. The van der Waals surface area contributed by atoms with E-state index in [2.05, 4.69) is 24.0 Å². The van der Waals surface area contributed by atoms with Gasteiger partial charge < -0.3 is 5.32 Å². The van der Waals surface area contributed by atoms with Crippen molar-refractivity contribution < 1.29 is 4.21 Å². The molecule has 1 fully saturated rings. The van der Waals surface area contributed by atoms with Crippen molar-refractivity contribution in [3.63, 3.8) is 0 Å². The summed E-state index contributed by atoms with van der Waals surface area (Å²) in [6.07, 6.45) is 5.41. The number of nitrogens with one attached hydrogen (secondary N) is 1. The second-order valence-electron chi connectivity index (χ2n) is 4.02. The number of hydrogen-bond donors (Lipinski definition) is 1. The Morgan fingerprint density at radius 3 is 2.71 bits per heavy atom. The van der Waals surface area contributed by atoms with Crippen LogP contribution in [0.2, 0.25) is 0 Å². The summed E-state index contributed by atoms with van der Waals surface area (Å²) in [4.78, 5) is 0. The maximum Gasteiger partial charge on any atom is 0.0246 e. The van der Waals surface area contributed by atoms with Crippen LogP contribution in [0.5, 0.6) is 0 Å². The SMILES string of the molecule is CC(CCS(C)=O)NC1CCSCC1. The van der Waals surface area contributed by atoms with E-state index in [1.165, 1.54) is 24.3 Å². The van der Waals surface area contributed by atoms with E-state index in [1.807, 2.05) is 0 Å². The van der Waals surface area contributed by atoms with Gasteiger partial charge in [-0.2, -0.15) is 11.8 Å². The molecule has 1 saturated heterocycles. The highest BCUT2D eigenvalue weighted by atomic mass is 32.2. The molecule has 1 aliphatic rings. The summed E-state index contributed by atoms with van der Waals surface area (Å²) >= 11 is 2.06. The third-order valence-corrected chi connectivity index (χ3v) is 4.44. The van der Waals surface area contributed by atoms with E-state index < -0.39 is 10.8 Å². The smallest absolute Gasteiger partial charge is 0.0246 e. The predicted molar refractivity (Wildman–Crippen MR) is 66.5 cm³/mol. The van der Waals surface area contributed by atoms with Gasteiger partial charge in [-0.1, -0.05) is 0 Å². The Labute approximate surface area is 94.1 Å². The second kappa shape index (κ2) is 6.85. The summed E-state index contributed by atoms with van der Waals surface area (Å²) in [6.45, 7) is 2.20. The Balaban J connectivity index is 2.11. The van der Waals surface area contributed by atoms with Crippen molar-refractivity contribution in [2.45, 2.75) is 38.3 Å². The molecular formula is C10H21NOS2. The average molecular weight is 235 g/mol. The standard InChI is InChI=1S/C10H21NOS2/c1-9(5-8-14(2)12)11-10-3-6-13-7-4-10/h9-11H,3-8H2,1-2H3.